The van der Waals surface area contributed by atoms with Crippen LogP contribution in [-0.2, 0) is 6.54 Å². The summed E-state index contributed by atoms with van der Waals surface area (Å²) < 4.78 is 15.3. The van der Waals surface area contributed by atoms with Gasteiger partial charge in [0.2, 0.25) is 0 Å². The number of halogens is 1. The number of tetrazole rings is 1. The van der Waals surface area contributed by atoms with Crippen LogP contribution in [0.1, 0.15) is 39.7 Å². The molecular weight excluding hydrogens is 505 g/mol. The van der Waals surface area contributed by atoms with Gasteiger partial charge in [0.05, 0.1) is 12.1 Å². The first-order chi connectivity index (χ1) is 19.4. The number of hydrogen-bond acceptors (Lipinski definition) is 6. The van der Waals surface area contributed by atoms with E-state index in [4.69, 9.17) is 0 Å². The zero-order valence-electron chi connectivity index (χ0n) is 22.9. The number of pyridine rings is 1. The predicted molar refractivity (Wildman–Crippen MR) is 154 cm³/mol. The van der Waals surface area contributed by atoms with Crippen LogP contribution < -0.4 is 10.5 Å². The second kappa shape index (κ2) is 10.7. The SMILES string of the molecule is Cc1ccc(C)c(N2CCN([C@H](c3cc4cccc(C)c4[nH]c3=O)c3nnnn3Cc3ccc(F)cc3)CC2)c1. The van der Waals surface area contributed by atoms with Crippen LogP contribution in [0.5, 0.6) is 0 Å². The molecule has 0 saturated carbocycles. The van der Waals surface area contributed by atoms with Crippen LogP contribution >= 0.6 is 0 Å². The first-order valence-corrected chi connectivity index (χ1v) is 13.6. The number of fused-ring (bicyclic) bond motifs is 1. The molecule has 0 unspecified atom stereocenters. The van der Waals surface area contributed by atoms with E-state index in [1.807, 2.05) is 31.2 Å². The van der Waals surface area contributed by atoms with Gasteiger partial charge in [0.15, 0.2) is 5.82 Å². The van der Waals surface area contributed by atoms with Gasteiger partial charge in [0.1, 0.15) is 11.9 Å². The van der Waals surface area contributed by atoms with Crippen LogP contribution in [0.25, 0.3) is 10.9 Å². The number of rotatable bonds is 6. The maximum absolute atomic E-state index is 13.6. The van der Waals surface area contributed by atoms with E-state index < -0.39 is 6.04 Å². The average Bonchev–Trinajstić information content (AvgIpc) is 3.40. The molecule has 1 fully saturated rings. The standard InChI is InChI=1S/C31H32FN7O/c1-20-7-8-21(2)27(17-20)37-13-15-38(16-14-37)29(26-18-24-6-4-5-22(3)28(24)33-31(26)40)30-34-35-36-39(30)19-23-9-11-25(32)12-10-23/h4-12,17-18,29H,13-16,19H2,1-3H3,(H,33,40)/t29-/m1/s1. The summed E-state index contributed by atoms with van der Waals surface area (Å²) in [7, 11) is 0. The molecule has 40 heavy (non-hydrogen) atoms. The summed E-state index contributed by atoms with van der Waals surface area (Å²) in [6.45, 7) is 9.70. The molecule has 9 heteroatoms. The molecule has 6 rings (SSSR count). The van der Waals surface area contributed by atoms with Gasteiger partial charge in [-0.25, -0.2) is 9.07 Å². The van der Waals surface area contributed by atoms with Gasteiger partial charge in [0.25, 0.3) is 5.56 Å². The Morgan fingerprint density at radius 3 is 2.48 bits per heavy atom. The highest BCUT2D eigenvalue weighted by Gasteiger charge is 2.33. The highest BCUT2D eigenvalue weighted by molar-refractivity contribution is 5.82. The van der Waals surface area contributed by atoms with Crippen molar-refractivity contribution in [1.29, 1.82) is 0 Å². The molecule has 1 atom stereocenters. The van der Waals surface area contributed by atoms with Gasteiger partial charge in [-0.05, 0) is 83.1 Å². The Balaban J connectivity index is 1.39. The highest BCUT2D eigenvalue weighted by Crippen LogP contribution is 2.30. The summed E-state index contributed by atoms with van der Waals surface area (Å²) in [4.78, 5) is 21.4. The first kappa shape index (κ1) is 25.9. The molecule has 204 valence electrons. The van der Waals surface area contributed by atoms with E-state index in [0.717, 1.165) is 48.2 Å². The van der Waals surface area contributed by atoms with Crippen molar-refractivity contribution in [1.82, 2.24) is 30.1 Å². The Kier molecular flexibility index (Phi) is 6.89. The number of nitrogens with one attached hydrogen (secondary N) is 1. The topological polar surface area (TPSA) is 82.9 Å². The second-order valence-corrected chi connectivity index (χ2v) is 10.6. The average molecular weight is 538 g/mol. The smallest absolute Gasteiger partial charge is 0.253 e. The van der Waals surface area contributed by atoms with E-state index in [1.165, 1.54) is 28.9 Å². The van der Waals surface area contributed by atoms with Crippen molar-refractivity contribution in [2.45, 2.75) is 33.4 Å². The minimum Gasteiger partial charge on any atom is -0.369 e. The van der Waals surface area contributed by atoms with Crippen molar-refractivity contribution in [3.63, 3.8) is 0 Å². The lowest BCUT2D eigenvalue weighted by atomic mass is 10.0. The Morgan fingerprint density at radius 1 is 0.925 bits per heavy atom. The number of para-hydroxylation sites is 1. The summed E-state index contributed by atoms with van der Waals surface area (Å²) in [5.41, 5.74) is 6.90. The van der Waals surface area contributed by atoms with Gasteiger partial charge >= 0.3 is 0 Å². The van der Waals surface area contributed by atoms with Gasteiger partial charge in [-0.2, -0.15) is 0 Å². The van der Waals surface area contributed by atoms with Crippen molar-refractivity contribution >= 4 is 16.6 Å². The third-order valence-electron chi connectivity index (χ3n) is 7.85. The number of anilines is 1. The van der Waals surface area contributed by atoms with Gasteiger partial charge in [0, 0.05) is 37.4 Å². The molecule has 8 nitrogen and oxygen atoms in total. The number of aromatic amines is 1. The lowest BCUT2D eigenvalue weighted by Crippen LogP contribution is -2.49. The monoisotopic (exact) mass is 537 g/mol. The molecule has 0 aliphatic carbocycles. The normalized spacial score (nSPS) is 15.1. The van der Waals surface area contributed by atoms with E-state index in [-0.39, 0.29) is 11.4 Å². The van der Waals surface area contributed by atoms with E-state index in [0.29, 0.717) is 17.9 Å². The fraction of sp³-hybridized carbons (Fsp3) is 0.290. The van der Waals surface area contributed by atoms with Crippen molar-refractivity contribution < 1.29 is 4.39 Å². The maximum atomic E-state index is 13.6. The summed E-state index contributed by atoms with van der Waals surface area (Å²) >= 11 is 0. The predicted octanol–water partition coefficient (Wildman–Crippen LogP) is 4.54. The number of aromatic nitrogens is 5. The van der Waals surface area contributed by atoms with Crippen molar-refractivity contribution in [3.05, 3.63) is 117 Å². The molecule has 1 aliphatic rings. The minimum atomic E-state index is -0.454. The van der Waals surface area contributed by atoms with Gasteiger partial charge in [-0.15, -0.1) is 5.10 Å². The number of piperazine rings is 1. The van der Waals surface area contributed by atoms with Crippen LogP contribution in [0.3, 0.4) is 0 Å². The van der Waals surface area contributed by atoms with Crippen LogP contribution in [-0.4, -0.2) is 56.3 Å². The molecule has 0 spiro atoms. The van der Waals surface area contributed by atoms with E-state index in [1.54, 1.807) is 16.8 Å². The number of aryl methyl sites for hydroxylation is 3. The van der Waals surface area contributed by atoms with Gasteiger partial charge in [-0.1, -0.05) is 42.5 Å². The Bertz CT molecular complexity index is 1720. The molecule has 1 saturated heterocycles. The van der Waals surface area contributed by atoms with Gasteiger partial charge in [-0.3, -0.25) is 9.69 Å². The summed E-state index contributed by atoms with van der Waals surface area (Å²) in [5.74, 6) is 0.292. The minimum absolute atomic E-state index is 0.153. The molecule has 3 heterocycles. The number of hydrogen-bond donors (Lipinski definition) is 1. The van der Waals surface area contributed by atoms with Crippen molar-refractivity contribution in [2.24, 2.45) is 0 Å². The zero-order valence-corrected chi connectivity index (χ0v) is 22.9. The third-order valence-corrected chi connectivity index (χ3v) is 7.85. The van der Waals surface area contributed by atoms with Crippen molar-refractivity contribution in [3.8, 4) is 0 Å². The molecular formula is C31H32FN7O. The largest absolute Gasteiger partial charge is 0.369 e. The third kappa shape index (κ3) is 5.00. The van der Waals surface area contributed by atoms with E-state index in [2.05, 4.69) is 62.4 Å². The van der Waals surface area contributed by atoms with Gasteiger partial charge < -0.3 is 9.88 Å². The Labute approximate surface area is 232 Å². The summed E-state index contributed by atoms with van der Waals surface area (Å²) in [5, 5.41) is 13.7. The molecule has 1 aliphatic heterocycles. The maximum Gasteiger partial charge on any atom is 0.253 e. The Hall–Kier alpha value is -4.37. The van der Waals surface area contributed by atoms with Crippen molar-refractivity contribution in [2.75, 3.05) is 31.1 Å². The molecule has 0 amide bonds. The number of nitrogens with zero attached hydrogens (tertiary/aromatic N) is 6. The van der Waals surface area contributed by atoms with Crippen LogP contribution in [0.2, 0.25) is 0 Å². The van der Waals surface area contributed by atoms with E-state index >= 15 is 0 Å². The lowest BCUT2D eigenvalue weighted by molar-refractivity contribution is 0.200. The number of H-pyrrole nitrogens is 1. The summed E-state index contributed by atoms with van der Waals surface area (Å²) in [6.07, 6.45) is 0. The fourth-order valence-electron chi connectivity index (χ4n) is 5.67. The quantitative estimate of drug-likeness (QED) is 0.343. The van der Waals surface area contributed by atoms with Crippen LogP contribution in [0.15, 0.2) is 71.5 Å². The molecule has 2 aromatic heterocycles. The first-order valence-electron chi connectivity index (χ1n) is 13.6. The highest BCUT2D eigenvalue weighted by atomic mass is 19.1. The zero-order chi connectivity index (χ0) is 27.8. The lowest BCUT2D eigenvalue weighted by Gasteiger charge is -2.40. The molecule has 5 aromatic rings. The fourth-order valence-corrected chi connectivity index (χ4v) is 5.67. The molecule has 1 N–H and O–H groups in total. The summed E-state index contributed by atoms with van der Waals surface area (Å²) in [6, 6.07) is 20.4. The molecule has 0 bridgehead atoms. The van der Waals surface area contributed by atoms with Crippen LogP contribution in [0, 0.1) is 26.6 Å². The van der Waals surface area contributed by atoms with Crippen LogP contribution in [0.4, 0.5) is 10.1 Å². The van der Waals surface area contributed by atoms with E-state index in [9.17, 15) is 9.18 Å². The second-order valence-electron chi connectivity index (χ2n) is 10.6. The molecule has 3 aromatic carbocycles. The molecule has 0 radical (unpaired) electrons. The number of benzene rings is 3. The Morgan fingerprint density at radius 2 is 1.70 bits per heavy atom.